The maximum Gasteiger partial charge on any atom is 0.267 e. The fraction of sp³-hybridized carbons (Fsp3) is 0.143. The van der Waals surface area contributed by atoms with Crippen LogP contribution in [0.2, 0.25) is 0 Å². The normalized spacial score (nSPS) is 11.0. The molecule has 0 saturated carbocycles. The number of carbonyl (C=O) groups excluding carboxylic acids is 1. The highest BCUT2D eigenvalue weighted by Crippen LogP contribution is 2.31. The molecule has 6 nitrogen and oxygen atoms in total. The summed E-state index contributed by atoms with van der Waals surface area (Å²) in [6.45, 7) is 4.00. The van der Waals surface area contributed by atoms with E-state index >= 15 is 0 Å². The fourth-order valence-corrected chi connectivity index (χ4v) is 4.88. The molecule has 0 atom stereocenters. The summed E-state index contributed by atoms with van der Waals surface area (Å²) in [5, 5.41) is 8.18. The summed E-state index contributed by atoms with van der Waals surface area (Å²) in [5.74, 6) is -0.318. The zero-order valence-corrected chi connectivity index (χ0v) is 20.3. The minimum atomic E-state index is -0.324. The van der Waals surface area contributed by atoms with Crippen LogP contribution >= 0.6 is 11.3 Å². The number of thiazole rings is 1. The van der Waals surface area contributed by atoms with E-state index in [1.165, 1.54) is 21.9 Å². The van der Waals surface area contributed by atoms with E-state index in [-0.39, 0.29) is 18.0 Å². The number of aryl methyl sites for hydroxylation is 2. The molecule has 3 aromatic carbocycles. The predicted octanol–water partition coefficient (Wildman–Crippen LogP) is 5.70. The van der Waals surface area contributed by atoms with Crippen LogP contribution in [0.5, 0.6) is 0 Å². The number of benzene rings is 3. The smallest absolute Gasteiger partial charge is 0.267 e. The topological polar surface area (TPSA) is 76.9 Å². The van der Waals surface area contributed by atoms with Crippen LogP contribution in [0, 0.1) is 6.92 Å². The standard InChI is InChI=1S/C28H24N4O2S/c1-3-19-5-7-20(8-6-19)23-14-15-27(34)32(31-23)17-26(33)29-22-11-9-21(10-12-22)28-30-24-13-4-18(2)16-25(24)35-28/h4-16H,3,17H2,1-2H3,(H,29,33). The van der Waals surface area contributed by atoms with E-state index in [1.807, 2.05) is 54.6 Å². The van der Waals surface area contributed by atoms with Crippen molar-refractivity contribution in [1.82, 2.24) is 14.8 Å². The molecule has 35 heavy (non-hydrogen) atoms. The lowest BCUT2D eigenvalue weighted by Gasteiger charge is -2.09. The number of hydrogen-bond donors (Lipinski definition) is 1. The first kappa shape index (κ1) is 22.7. The Morgan fingerprint density at radius 2 is 1.69 bits per heavy atom. The van der Waals surface area contributed by atoms with Gasteiger partial charge in [0.15, 0.2) is 0 Å². The van der Waals surface area contributed by atoms with E-state index in [2.05, 4.69) is 36.4 Å². The molecule has 0 bridgehead atoms. The molecule has 0 unspecified atom stereocenters. The van der Waals surface area contributed by atoms with Crippen molar-refractivity contribution in [2.24, 2.45) is 0 Å². The van der Waals surface area contributed by atoms with E-state index in [1.54, 1.807) is 17.4 Å². The zero-order chi connectivity index (χ0) is 24.4. The number of hydrogen-bond acceptors (Lipinski definition) is 5. The molecular formula is C28H24N4O2S. The average Bonchev–Trinajstić information content (AvgIpc) is 3.29. The van der Waals surface area contributed by atoms with Gasteiger partial charge in [0, 0.05) is 22.9 Å². The van der Waals surface area contributed by atoms with Crippen LogP contribution in [-0.4, -0.2) is 20.7 Å². The molecule has 1 N–H and O–H groups in total. The maximum absolute atomic E-state index is 12.6. The highest BCUT2D eigenvalue weighted by molar-refractivity contribution is 7.21. The number of nitrogens with one attached hydrogen (secondary N) is 1. The van der Waals surface area contributed by atoms with Gasteiger partial charge in [0.1, 0.15) is 11.6 Å². The van der Waals surface area contributed by atoms with Crippen LogP contribution in [0.4, 0.5) is 5.69 Å². The van der Waals surface area contributed by atoms with Gasteiger partial charge < -0.3 is 5.32 Å². The molecule has 5 rings (SSSR count). The van der Waals surface area contributed by atoms with Gasteiger partial charge in [-0.3, -0.25) is 9.59 Å². The van der Waals surface area contributed by atoms with Crippen molar-refractivity contribution in [2.75, 3.05) is 5.32 Å². The summed E-state index contributed by atoms with van der Waals surface area (Å²) in [7, 11) is 0. The van der Waals surface area contributed by atoms with Crippen LogP contribution in [0.1, 0.15) is 18.1 Å². The molecule has 5 aromatic rings. The Balaban J connectivity index is 1.28. The summed E-state index contributed by atoms with van der Waals surface area (Å²) in [6.07, 6.45) is 0.953. The number of anilines is 1. The van der Waals surface area contributed by atoms with Gasteiger partial charge in [0.25, 0.3) is 5.56 Å². The van der Waals surface area contributed by atoms with Crippen molar-refractivity contribution in [3.05, 3.63) is 100 Å². The second-order valence-electron chi connectivity index (χ2n) is 8.38. The number of carbonyl (C=O) groups is 1. The third-order valence-corrected chi connectivity index (χ3v) is 6.84. The Kier molecular flexibility index (Phi) is 6.25. The van der Waals surface area contributed by atoms with Crippen LogP contribution in [0.15, 0.2) is 83.7 Å². The Labute approximate surface area is 206 Å². The molecule has 0 aliphatic carbocycles. The Morgan fingerprint density at radius 1 is 0.943 bits per heavy atom. The molecule has 0 radical (unpaired) electrons. The van der Waals surface area contributed by atoms with E-state index in [9.17, 15) is 9.59 Å². The molecular weight excluding hydrogens is 456 g/mol. The van der Waals surface area contributed by atoms with Crippen LogP contribution in [0.25, 0.3) is 32.0 Å². The number of nitrogens with zero attached hydrogens (tertiary/aromatic N) is 3. The largest absolute Gasteiger partial charge is 0.324 e. The number of amides is 1. The zero-order valence-electron chi connectivity index (χ0n) is 19.5. The predicted molar refractivity (Wildman–Crippen MR) is 142 cm³/mol. The highest BCUT2D eigenvalue weighted by atomic mass is 32.1. The Hall–Kier alpha value is -4.10. The van der Waals surface area contributed by atoms with Gasteiger partial charge in [-0.1, -0.05) is 37.3 Å². The highest BCUT2D eigenvalue weighted by Gasteiger charge is 2.10. The first-order valence-corrected chi connectivity index (χ1v) is 12.2. The van der Waals surface area contributed by atoms with Crippen LogP contribution in [-0.2, 0) is 17.8 Å². The minimum Gasteiger partial charge on any atom is -0.324 e. The molecule has 7 heteroatoms. The van der Waals surface area contributed by atoms with Gasteiger partial charge >= 0.3 is 0 Å². The lowest BCUT2D eigenvalue weighted by Crippen LogP contribution is -2.29. The summed E-state index contributed by atoms with van der Waals surface area (Å²) < 4.78 is 2.34. The Bertz CT molecular complexity index is 1570. The quantitative estimate of drug-likeness (QED) is 0.338. The molecule has 2 heterocycles. The lowest BCUT2D eigenvalue weighted by atomic mass is 10.1. The fourth-order valence-electron chi connectivity index (χ4n) is 3.82. The molecule has 0 aliphatic rings. The van der Waals surface area contributed by atoms with Gasteiger partial charge in [-0.15, -0.1) is 11.3 Å². The summed E-state index contributed by atoms with van der Waals surface area (Å²) in [4.78, 5) is 29.7. The molecule has 2 aromatic heterocycles. The first-order chi connectivity index (χ1) is 17.0. The minimum absolute atomic E-state index is 0.168. The van der Waals surface area contributed by atoms with Crippen molar-refractivity contribution in [2.45, 2.75) is 26.8 Å². The third-order valence-electron chi connectivity index (χ3n) is 5.78. The van der Waals surface area contributed by atoms with Crippen molar-refractivity contribution in [3.63, 3.8) is 0 Å². The summed E-state index contributed by atoms with van der Waals surface area (Å²) in [6, 6.07) is 24.9. The number of aromatic nitrogens is 3. The van der Waals surface area contributed by atoms with Crippen molar-refractivity contribution in [3.8, 4) is 21.8 Å². The van der Waals surface area contributed by atoms with Crippen molar-refractivity contribution < 1.29 is 4.79 Å². The second kappa shape index (κ2) is 9.64. The summed E-state index contributed by atoms with van der Waals surface area (Å²) in [5.41, 5.74) is 6.28. The monoisotopic (exact) mass is 480 g/mol. The molecule has 0 fully saturated rings. The third kappa shape index (κ3) is 5.05. The van der Waals surface area contributed by atoms with Gasteiger partial charge in [0.2, 0.25) is 5.91 Å². The van der Waals surface area contributed by atoms with Crippen LogP contribution < -0.4 is 10.9 Å². The van der Waals surface area contributed by atoms with Gasteiger partial charge in [0.05, 0.1) is 15.9 Å². The van der Waals surface area contributed by atoms with Gasteiger partial charge in [-0.05, 0) is 66.9 Å². The van der Waals surface area contributed by atoms with E-state index in [4.69, 9.17) is 4.98 Å². The van der Waals surface area contributed by atoms with Gasteiger partial charge in [-0.25, -0.2) is 9.67 Å². The first-order valence-electron chi connectivity index (χ1n) is 11.4. The second-order valence-corrected chi connectivity index (χ2v) is 9.41. The summed E-state index contributed by atoms with van der Waals surface area (Å²) >= 11 is 1.64. The molecule has 0 aliphatic heterocycles. The van der Waals surface area contributed by atoms with E-state index < -0.39 is 0 Å². The lowest BCUT2D eigenvalue weighted by molar-refractivity contribution is -0.117. The van der Waals surface area contributed by atoms with E-state index in [0.29, 0.717) is 11.4 Å². The average molecular weight is 481 g/mol. The molecule has 174 valence electrons. The van der Waals surface area contributed by atoms with Crippen LogP contribution in [0.3, 0.4) is 0 Å². The molecule has 0 spiro atoms. The Morgan fingerprint density at radius 3 is 2.43 bits per heavy atom. The van der Waals surface area contributed by atoms with Gasteiger partial charge in [-0.2, -0.15) is 5.10 Å². The number of fused-ring (bicyclic) bond motifs is 1. The maximum atomic E-state index is 12.6. The van der Waals surface area contributed by atoms with Crippen molar-refractivity contribution >= 4 is 33.1 Å². The van der Waals surface area contributed by atoms with E-state index in [0.717, 1.165) is 32.8 Å². The van der Waals surface area contributed by atoms with Crippen molar-refractivity contribution in [1.29, 1.82) is 0 Å². The molecule has 1 amide bonds. The number of rotatable bonds is 6. The SMILES string of the molecule is CCc1ccc(-c2ccc(=O)n(CC(=O)Nc3ccc(-c4nc5ccc(C)cc5s4)cc3)n2)cc1. The molecule has 0 saturated heterocycles.